The van der Waals surface area contributed by atoms with Crippen molar-refractivity contribution in [2.45, 2.75) is 20.0 Å². The van der Waals surface area contributed by atoms with Crippen LogP contribution in [0.1, 0.15) is 17.9 Å². The van der Waals surface area contributed by atoms with Crippen molar-refractivity contribution in [3.8, 4) is 11.7 Å². The second-order valence-corrected chi connectivity index (χ2v) is 6.33. The van der Waals surface area contributed by atoms with Crippen LogP contribution in [0.2, 0.25) is 0 Å². The minimum Gasteiger partial charge on any atom is -0.459 e. The molecule has 1 saturated heterocycles. The number of anilines is 1. The Morgan fingerprint density at radius 2 is 2.07 bits per heavy atom. The van der Waals surface area contributed by atoms with Crippen LogP contribution >= 0.6 is 0 Å². The quantitative estimate of drug-likeness (QED) is 0.639. The smallest absolute Gasteiger partial charge is 0.311 e. The van der Waals surface area contributed by atoms with Crippen LogP contribution < -0.4 is 4.90 Å². The summed E-state index contributed by atoms with van der Waals surface area (Å²) in [6.45, 7) is 2.12. The Kier molecular flexibility index (Phi) is 4.45. The first-order valence-electron chi connectivity index (χ1n) is 8.50. The summed E-state index contributed by atoms with van der Waals surface area (Å²) in [6, 6.07) is 11.0. The third-order valence-corrected chi connectivity index (χ3v) is 4.34. The molecule has 27 heavy (non-hydrogen) atoms. The van der Waals surface area contributed by atoms with Crippen LogP contribution in [0, 0.1) is 12.8 Å². The van der Waals surface area contributed by atoms with Gasteiger partial charge >= 0.3 is 5.97 Å². The molecule has 1 aliphatic rings. The summed E-state index contributed by atoms with van der Waals surface area (Å²) in [5.41, 5.74) is 1.88. The third kappa shape index (κ3) is 3.59. The molecule has 4 rings (SSSR count). The fourth-order valence-corrected chi connectivity index (χ4v) is 2.90. The van der Waals surface area contributed by atoms with E-state index in [4.69, 9.17) is 13.6 Å². The van der Waals surface area contributed by atoms with Gasteiger partial charge in [0.05, 0.1) is 12.2 Å². The van der Waals surface area contributed by atoms with Gasteiger partial charge < -0.3 is 18.5 Å². The number of carbonyl (C=O) groups excluding carboxylic acids is 2. The molecule has 0 unspecified atom stereocenters. The number of amides is 1. The van der Waals surface area contributed by atoms with Crippen molar-refractivity contribution in [2.24, 2.45) is 5.92 Å². The molecule has 8 heteroatoms. The topological polar surface area (TPSA) is 98.7 Å². The number of hydrogen-bond acceptors (Lipinski definition) is 7. The monoisotopic (exact) mass is 367 g/mol. The van der Waals surface area contributed by atoms with Gasteiger partial charge in [-0.05, 0) is 31.2 Å². The average Bonchev–Trinajstić information content (AvgIpc) is 3.41. The molecule has 2 aromatic heterocycles. The highest BCUT2D eigenvalue weighted by Gasteiger charge is 2.36. The molecule has 1 aromatic carbocycles. The largest absolute Gasteiger partial charge is 0.459 e. The second kappa shape index (κ2) is 7.06. The number of benzene rings is 1. The molecular formula is C19H17N3O5. The van der Waals surface area contributed by atoms with Crippen LogP contribution in [0.25, 0.3) is 11.7 Å². The van der Waals surface area contributed by atoms with Gasteiger partial charge in [0.1, 0.15) is 0 Å². The van der Waals surface area contributed by atoms with E-state index >= 15 is 0 Å². The van der Waals surface area contributed by atoms with Crippen molar-refractivity contribution >= 4 is 17.6 Å². The molecule has 1 fully saturated rings. The lowest BCUT2D eigenvalue weighted by Crippen LogP contribution is -2.26. The molecule has 0 saturated carbocycles. The minimum absolute atomic E-state index is 0.0984. The number of carbonyl (C=O) groups is 2. The zero-order chi connectivity index (χ0) is 18.8. The maximum Gasteiger partial charge on any atom is 0.311 e. The van der Waals surface area contributed by atoms with Crippen LogP contribution in [0.5, 0.6) is 0 Å². The normalized spacial score (nSPS) is 16.7. The van der Waals surface area contributed by atoms with Crippen LogP contribution in [-0.2, 0) is 20.9 Å². The molecule has 0 aliphatic carbocycles. The number of ether oxygens (including phenoxy) is 1. The van der Waals surface area contributed by atoms with E-state index in [1.807, 2.05) is 31.2 Å². The van der Waals surface area contributed by atoms with E-state index in [9.17, 15) is 9.59 Å². The van der Waals surface area contributed by atoms with E-state index < -0.39 is 11.9 Å². The minimum atomic E-state index is -0.522. The Hall–Kier alpha value is -3.42. The summed E-state index contributed by atoms with van der Waals surface area (Å²) in [5, 5.41) is 7.67. The fraction of sp³-hybridized carbons (Fsp3) is 0.263. The average molecular weight is 367 g/mol. The van der Waals surface area contributed by atoms with Crippen molar-refractivity contribution in [3.63, 3.8) is 0 Å². The third-order valence-electron chi connectivity index (χ3n) is 4.34. The van der Waals surface area contributed by atoms with Gasteiger partial charge in [-0.2, -0.15) is 0 Å². The number of hydrogen-bond donors (Lipinski definition) is 0. The predicted octanol–water partition coefficient (Wildman–Crippen LogP) is 2.73. The van der Waals surface area contributed by atoms with Crippen molar-refractivity contribution in [3.05, 3.63) is 54.1 Å². The molecule has 8 nitrogen and oxygen atoms in total. The van der Waals surface area contributed by atoms with E-state index in [0.717, 1.165) is 11.3 Å². The van der Waals surface area contributed by atoms with Crippen molar-refractivity contribution in [1.29, 1.82) is 0 Å². The SMILES string of the molecule is Cc1ccc(N2C[C@H](C(=O)OCc3nnc(-c4ccco4)o3)CC2=O)cc1. The van der Waals surface area contributed by atoms with Crippen LogP contribution in [0.4, 0.5) is 5.69 Å². The first-order valence-corrected chi connectivity index (χ1v) is 8.50. The molecule has 1 aliphatic heterocycles. The van der Waals surface area contributed by atoms with Gasteiger partial charge in [0.25, 0.3) is 11.8 Å². The van der Waals surface area contributed by atoms with Crippen LogP contribution in [-0.4, -0.2) is 28.6 Å². The molecule has 0 radical (unpaired) electrons. The van der Waals surface area contributed by atoms with Gasteiger partial charge in [-0.1, -0.05) is 17.7 Å². The number of furan rings is 1. The Morgan fingerprint density at radius 1 is 1.26 bits per heavy atom. The van der Waals surface area contributed by atoms with E-state index in [1.54, 1.807) is 17.0 Å². The molecule has 1 atom stereocenters. The summed E-state index contributed by atoms with van der Waals surface area (Å²) >= 11 is 0. The molecule has 3 aromatic rings. The number of aromatic nitrogens is 2. The molecular weight excluding hydrogens is 350 g/mol. The lowest BCUT2D eigenvalue weighted by atomic mass is 10.1. The zero-order valence-corrected chi connectivity index (χ0v) is 14.6. The molecule has 3 heterocycles. The number of rotatable bonds is 5. The molecule has 0 N–H and O–H groups in total. The summed E-state index contributed by atoms with van der Waals surface area (Å²) in [6.07, 6.45) is 1.62. The molecule has 0 spiro atoms. The van der Waals surface area contributed by atoms with Crippen LogP contribution in [0.3, 0.4) is 0 Å². The highest BCUT2D eigenvalue weighted by atomic mass is 16.5. The summed E-state index contributed by atoms with van der Waals surface area (Å²) in [5.74, 6) is -0.266. The van der Waals surface area contributed by atoms with Gasteiger partial charge in [-0.25, -0.2) is 0 Å². The summed E-state index contributed by atoms with van der Waals surface area (Å²) in [7, 11) is 0. The lowest BCUT2D eigenvalue weighted by Gasteiger charge is -2.16. The van der Waals surface area contributed by atoms with E-state index in [-0.39, 0.29) is 30.7 Å². The number of aryl methyl sites for hydroxylation is 1. The number of nitrogens with zero attached hydrogens (tertiary/aromatic N) is 3. The maximum atomic E-state index is 12.3. The first-order chi connectivity index (χ1) is 13.1. The number of esters is 1. The Bertz CT molecular complexity index is 946. The van der Waals surface area contributed by atoms with Gasteiger partial charge in [-0.15, -0.1) is 10.2 Å². The van der Waals surface area contributed by atoms with Gasteiger partial charge in [0, 0.05) is 18.7 Å². The standard InChI is InChI=1S/C19H17N3O5/c1-12-4-6-14(7-5-12)22-10-13(9-17(22)23)19(24)26-11-16-20-21-18(27-16)15-3-2-8-25-15/h2-8,13H,9-11H2,1H3/t13-/m1/s1. The summed E-state index contributed by atoms with van der Waals surface area (Å²) < 4.78 is 15.8. The molecule has 0 bridgehead atoms. The summed E-state index contributed by atoms with van der Waals surface area (Å²) in [4.78, 5) is 26.2. The van der Waals surface area contributed by atoms with Crippen molar-refractivity contribution in [2.75, 3.05) is 11.4 Å². The zero-order valence-electron chi connectivity index (χ0n) is 14.6. The highest BCUT2D eigenvalue weighted by molar-refractivity contribution is 5.99. The highest BCUT2D eigenvalue weighted by Crippen LogP contribution is 2.26. The Balaban J connectivity index is 1.35. The second-order valence-electron chi connectivity index (χ2n) is 6.33. The van der Waals surface area contributed by atoms with Crippen molar-refractivity contribution < 1.29 is 23.2 Å². The Morgan fingerprint density at radius 3 is 2.81 bits per heavy atom. The molecule has 1 amide bonds. The first kappa shape index (κ1) is 17.0. The van der Waals surface area contributed by atoms with Gasteiger partial charge in [0.2, 0.25) is 5.91 Å². The predicted molar refractivity (Wildman–Crippen MR) is 93.4 cm³/mol. The van der Waals surface area contributed by atoms with Crippen LogP contribution in [0.15, 0.2) is 51.5 Å². The maximum absolute atomic E-state index is 12.3. The van der Waals surface area contributed by atoms with E-state index in [0.29, 0.717) is 12.3 Å². The van der Waals surface area contributed by atoms with Gasteiger partial charge in [0.15, 0.2) is 12.4 Å². The van der Waals surface area contributed by atoms with Crippen molar-refractivity contribution in [1.82, 2.24) is 10.2 Å². The van der Waals surface area contributed by atoms with E-state index in [1.165, 1.54) is 6.26 Å². The lowest BCUT2D eigenvalue weighted by molar-refractivity contribution is -0.150. The Labute approximate surface area is 154 Å². The molecule has 138 valence electrons. The van der Waals surface area contributed by atoms with E-state index in [2.05, 4.69) is 10.2 Å². The van der Waals surface area contributed by atoms with Gasteiger partial charge in [-0.3, -0.25) is 9.59 Å². The fourth-order valence-electron chi connectivity index (χ4n) is 2.90.